The van der Waals surface area contributed by atoms with E-state index in [0.29, 0.717) is 11.3 Å². The summed E-state index contributed by atoms with van der Waals surface area (Å²) < 4.78 is 1.84. The van der Waals surface area contributed by atoms with Crippen molar-refractivity contribution < 1.29 is 4.74 Å². The van der Waals surface area contributed by atoms with E-state index in [2.05, 4.69) is 29.3 Å². The average molecular weight is 261 g/mol. The number of nitrogens with zero attached hydrogens (tertiary/aromatic N) is 1. The van der Waals surface area contributed by atoms with Crippen LogP contribution in [0.3, 0.4) is 0 Å². The van der Waals surface area contributed by atoms with Gasteiger partial charge >= 0.3 is 0 Å². The predicted molar refractivity (Wildman–Crippen MR) is 53.6 cm³/mol. The van der Waals surface area contributed by atoms with Crippen molar-refractivity contribution in [3.05, 3.63) is 38.6 Å². The van der Waals surface area contributed by atoms with Gasteiger partial charge in [-0.2, -0.15) is 0 Å². The zero-order valence-corrected chi connectivity index (χ0v) is 8.11. The Morgan fingerprint density at radius 3 is 2.36 bits per heavy atom. The fourth-order valence-electron chi connectivity index (χ4n) is 0.793. The molecule has 0 atom stereocenters. The first-order valence-electron chi connectivity index (χ1n) is 3.18. The van der Waals surface area contributed by atoms with Gasteiger partial charge in [0, 0.05) is 9.13 Å². The van der Waals surface area contributed by atoms with Gasteiger partial charge in [-0.25, -0.2) is 4.74 Å². The summed E-state index contributed by atoms with van der Waals surface area (Å²) in [7, 11) is 0. The van der Waals surface area contributed by atoms with E-state index < -0.39 is 0 Å². The maximum Gasteiger partial charge on any atom is 0.178 e. The number of benzene rings is 1. The molecule has 0 fully saturated rings. The van der Waals surface area contributed by atoms with E-state index in [1.54, 1.807) is 0 Å². The lowest BCUT2D eigenvalue weighted by Crippen LogP contribution is -1.98. The lowest BCUT2D eigenvalue weighted by Gasteiger charge is -2.00. The van der Waals surface area contributed by atoms with Crippen LogP contribution >= 0.6 is 22.6 Å². The maximum absolute atomic E-state index is 10.5. The minimum atomic E-state index is 0.358. The van der Waals surface area contributed by atoms with Crippen molar-refractivity contribution in [2.75, 3.05) is 0 Å². The first-order chi connectivity index (χ1) is 5.18. The third-order valence-corrected chi connectivity index (χ3v) is 1.99. The summed E-state index contributed by atoms with van der Waals surface area (Å²) in [4.78, 5) is 0. The largest absolute Gasteiger partial charge is 0.624 e. The molecule has 0 aliphatic rings. The van der Waals surface area contributed by atoms with E-state index >= 15 is 0 Å². The number of halogens is 1. The summed E-state index contributed by atoms with van der Waals surface area (Å²) in [6.07, 6.45) is 0. The normalized spacial score (nSPS) is 9.55. The quantitative estimate of drug-likeness (QED) is 0.263. The van der Waals surface area contributed by atoms with Crippen LogP contribution in [-0.4, -0.2) is 11.5 Å². The van der Waals surface area contributed by atoms with Gasteiger partial charge in [0.2, 0.25) is 0 Å². The lowest BCUT2D eigenvalue weighted by molar-refractivity contribution is -0.465. The lowest BCUT2D eigenvalue weighted by atomic mass is 10.2. The summed E-state index contributed by atoms with van der Waals surface area (Å²) in [5.74, 6) is 0. The van der Waals surface area contributed by atoms with Crippen LogP contribution in [0.2, 0.25) is 0 Å². The van der Waals surface area contributed by atoms with Crippen molar-refractivity contribution in [1.82, 2.24) is 0 Å². The molecule has 1 aromatic carbocycles. The van der Waals surface area contributed by atoms with E-state index in [9.17, 15) is 5.21 Å². The zero-order valence-electron chi connectivity index (χ0n) is 5.96. The summed E-state index contributed by atoms with van der Waals surface area (Å²) in [5.41, 5.74) is 0.996. The molecule has 0 bridgehead atoms. The van der Waals surface area contributed by atoms with Crippen LogP contribution < -0.4 is 0 Å². The third kappa shape index (κ3) is 2.88. The second-order valence-corrected chi connectivity index (χ2v) is 3.51. The van der Waals surface area contributed by atoms with Crippen molar-refractivity contribution in [3.8, 4) is 0 Å². The minimum Gasteiger partial charge on any atom is -0.624 e. The molecule has 0 N–H and O–H groups in total. The number of hydrogen-bond acceptors (Lipinski definition) is 1. The van der Waals surface area contributed by atoms with Gasteiger partial charge in [-0.15, -0.1) is 0 Å². The molecule has 1 rings (SSSR count). The molecule has 0 radical (unpaired) electrons. The van der Waals surface area contributed by atoms with E-state index in [4.69, 9.17) is 0 Å². The number of hydrogen-bond donors (Lipinski definition) is 0. The second-order valence-electron chi connectivity index (χ2n) is 2.27. The van der Waals surface area contributed by atoms with Gasteiger partial charge in [-0.1, -0.05) is 12.1 Å². The van der Waals surface area contributed by atoms with Crippen LogP contribution in [0, 0.1) is 8.78 Å². The molecule has 2 nitrogen and oxygen atoms in total. The van der Waals surface area contributed by atoms with Crippen LogP contribution in [0.15, 0.2) is 24.3 Å². The first-order valence-corrected chi connectivity index (χ1v) is 4.26. The van der Waals surface area contributed by atoms with E-state index in [1.165, 1.54) is 3.57 Å². The molecule has 0 aliphatic carbocycles. The SMILES string of the molecule is C=[N+]([O-])Cc1ccc(I)cc1. The fourth-order valence-corrected chi connectivity index (χ4v) is 1.15. The Kier molecular flexibility index (Phi) is 2.87. The minimum absolute atomic E-state index is 0.358. The van der Waals surface area contributed by atoms with Crippen LogP contribution in [0.4, 0.5) is 0 Å². The van der Waals surface area contributed by atoms with Gasteiger partial charge in [0.25, 0.3) is 0 Å². The summed E-state index contributed by atoms with van der Waals surface area (Å²) in [6.45, 7) is 3.59. The Hall–Kier alpha value is -0.580. The Labute approximate surface area is 79.3 Å². The molecular weight excluding hydrogens is 253 g/mol. The van der Waals surface area contributed by atoms with Crippen molar-refractivity contribution in [2.24, 2.45) is 0 Å². The highest BCUT2D eigenvalue weighted by atomic mass is 127. The Morgan fingerprint density at radius 1 is 1.36 bits per heavy atom. The molecule has 0 saturated carbocycles. The van der Waals surface area contributed by atoms with Gasteiger partial charge in [-0.3, -0.25) is 0 Å². The molecular formula is C8H8INO. The van der Waals surface area contributed by atoms with Gasteiger partial charge in [0.05, 0.1) is 0 Å². The highest BCUT2D eigenvalue weighted by Gasteiger charge is 1.94. The number of hydroxylamine groups is 1. The fraction of sp³-hybridized carbons (Fsp3) is 0.125. The maximum atomic E-state index is 10.5. The summed E-state index contributed by atoms with van der Waals surface area (Å²) >= 11 is 2.22. The van der Waals surface area contributed by atoms with Crippen LogP contribution in [-0.2, 0) is 6.54 Å². The Balaban J connectivity index is 2.74. The van der Waals surface area contributed by atoms with Gasteiger partial charge in [-0.05, 0) is 34.7 Å². The molecule has 1 aromatic rings. The van der Waals surface area contributed by atoms with Crippen molar-refractivity contribution in [1.29, 1.82) is 0 Å². The second kappa shape index (κ2) is 3.71. The Bertz CT molecular complexity index is 255. The molecule has 0 aliphatic heterocycles. The molecule has 0 heterocycles. The molecule has 0 spiro atoms. The van der Waals surface area contributed by atoms with Crippen molar-refractivity contribution in [2.45, 2.75) is 6.54 Å². The van der Waals surface area contributed by atoms with Gasteiger partial charge < -0.3 is 5.21 Å². The topological polar surface area (TPSA) is 26.1 Å². The molecule has 0 aromatic heterocycles. The highest BCUT2D eigenvalue weighted by molar-refractivity contribution is 14.1. The van der Waals surface area contributed by atoms with E-state index in [1.807, 2.05) is 24.3 Å². The van der Waals surface area contributed by atoms with E-state index in [-0.39, 0.29) is 0 Å². The smallest absolute Gasteiger partial charge is 0.178 e. The van der Waals surface area contributed by atoms with Gasteiger partial charge in [0.1, 0.15) is 6.72 Å². The first kappa shape index (κ1) is 8.52. The summed E-state index contributed by atoms with van der Waals surface area (Å²) in [6, 6.07) is 7.80. The van der Waals surface area contributed by atoms with Gasteiger partial charge in [0.15, 0.2) is 6.54 Å². The Morgan fingerprint density at radius 2 is 1.91 bits per heavy atom. The van der Waals surface area contributed by atoms with Crippen LogP contribution in [0.1, 0.15) is 5.56 Å². The highest BCUT2D eigenvalue weighted by Crippen LogP contribution is 2.06. The predicted octanol–water partition coefficient (Wildman–Crippen LogP) is 2.00. The standard InChI is InChI=1S/C8H8INO/c1-10(11)6-7-2-4-8(9)5-3-7/h2-5H,1,6H2. The number of rotatable bonds is 2. The third-order valence-electron chi connectivity index (χ3n) is 1.27. The molecule has 11 heavy (non-hydrogen) atoms. The molecule has 0 saturated heterocycles. The molecule has 0 unspecified atom stereocenters. The van der Waals surface area contributed by atoms with Crippen LogP contribution in [0.25, 0.3) is 0 Å². The van der Waals surface area contributed by atoms with Crippen molar-refractivity contribution in [3.63, 3.8) is 0 Å². The van der Waals surface area contributed by atoms with Crippen LogP contribution in [0.5, 0.6) is 0 Å². The average Bonchev–Trinajstić information content (AvgIpc) is 1.93. The van der Waals surface area contributed by atoms with Crippen molar-refractivity contribution >= 4 is 29.3 Å². The summed E-state index contributed by atoms with van der Waals surface area (Å²) in [5, 5.41) is 10.5. The molecule has 0 amide bonds. The monoisotopic (exact) mass is 261 g/mol. The van der Waals surface area contributed by atoms with E-state index in [0.717, 1.165) is 5.56 Å². The molecule has 3 heteroatoms. The molecule has 58 valence electrons. The zero-order chi connectivity index (χ0) is 8.27.